The number of amides is 1. The quantitative estimate of drug-likeness (QED) is 0.876. The molecule has 1 amide bonds. The van der Waals surface area contributed by atoms with Crippen molar-refractivity contribution in [1.82, 2.24) is 20.3 Å². The van der Waals surface area contributed by atoms with Crippen molar-refractivity contribution in [3.63, 3.8) is 0 Å². The average Bonchev–Trinajstić information content (AvgIpc) is 2.45. The summed E-state index contributed by atoms with van der Waals surface area (Å²) in [5, 5.41) is 11.4. The van der Waals surface area contributed by atoms with Gasteiger partial charge in [-0.3, -0.25) is 9.78 Å². The first-order valence-corrected chi connectivity index (χ1v) is 5.88. The zero-order valence-electron chi connectivity index (χ0n) is 10.1. The number of hydrogen-bond acceptors (Lipinski definition) is 5. The van der Waals surface area contributed by atoms with E-state index in [1.807, 2.05) is 0 Å². The fourth-order valence-corrected chi connectivity index (χ4v) is 1.53. The number of hydrogen-bond donors (Lipinski definition) is 2. The normalized spacial score (nSPS) is 10.1. The number of aromatic carboxylic acids is 1. The third kappa shape index (κ3) is 3.48. The molecule has 2 N–H and O–H groups in total. The standard InChI is InChI=1S/C12H9ClN4O3/c13-10-6-14-5-9(17-10)11(18)16-4-7-1-2-8(12(19)20)15-3-7/h1-3,5-6H,4H2,(H,16,18)(H,19,20). The summed E-state index contributed by atoms with van der Waals surface area (Å²) in [5.74, 6) is -1.53. The molecule has 0 fully saturated rings. The van der Waals surface area contributed by atoms with E-state index in [2.05, 4.69) is 20.3 Å². The van der Waals surface area contributed by atoms with Crippen LogP contribution in [0.15, 0.2) is 30.7 Å². The van der Waals surface area contributed by atoms with Crippen molar-refractivity contribution in [3.05, 3.63) is 52.8 Å². The van der Waals surface area contributed by atoms with E-state index in [4.69, 9.17) is 16.7 Å². The molecule has 20 heavy (non-hydrogen) atoms. The third-order valence-electron chi connectivity index (χ3n) is 2.33. The van der Waals surface area contributed by atoms with Crippen molar-refractivity contribution < 1.29 is 14.7 Å². The van der Waals surface area contributed by atoms with Gasteiger partial charge in [-0.1, -0.05) is 17.7 Å². The van der Waals surface area contributed by atoms with Gasteiger partial charge in [-0.25, -0.2) is 14.8 Å². The van der Waals surface area contributed by atoms with Gasteiger partial charge in [0.25, 0.3) is 5.91 Å². The van der Waals surface area contributed by atoms with Crippen LogP contribution in [0.4, 0.5) is 0 Å². The topological polar surface area (TPSA) is 105 Å². The maximum absolute atomic E-state index is 11.8. The highest BCUT2D eigenvalue weighted by atomic mass is 35.5. The van der Waals surface area contributed by atoms with Gasteiger partial charge in [-0.15, -0.1) is 0 Å². The Morgan fingerprint density at radius 1 is 1.20 bits per heavy atom. The molecule has 0 saturated carbocycles. The van der Waals surface area contributed by atoms with E-state index in [0.29, 0.717) is 5.56 Å². The van der Waals surface area contributed by atoms with Gasteiger partial charge in [0.05, 0.1) is 12.4 Å². The molecule has 2 rings (SSSR count). The van der Waals surface area contributed by atoms with Crippen molar-refractivity contribution in [3.8, 4) is 0 Å². The molecule has 0 aliphatic heterocycles. The molecule has 2 aromatic rings. The van der Waals surface area contributed by atoms with Crippen LogP contribution in [0.5, 0.6) is 0 Å². The second-order valence-corrected chi connectivity index (χ2v) is 4.15. The van der Waals surface area contributed by atoms with Gasteiger partial charge in [0, 0.05) is 12.7 Å². The molecule has 2 aromatic heterocycles. The van der Waals surface area contributed by atoms with Crippen molar-refractivity contribution in [2.75, 3.05) is 0 Å². The molecular weight excluding hydrogens is 284 g/mol. The first-order valence-electron chi connectivity index (χ1n) is 5.50. The van der Waals surface area contributed by atoms with Crippen LogP contribution in [0.2, 0.25) is 5.15 Å². The number of aromatic nitrogens is 3. The van der Waals surface area contributed by atoms with Crippen molar-refractivity contribution in [2.45, 2.75) is 6.54 Å². The van der Waals surface area contributed by atoms with Gasteiger partial charge < -0.3 is 10.4 Å². The number of carbonyl (C=O) groups is 2. The largest absolute Gasteiger partial charge is 0.477 e. The Morgan fingerprint density at radius 3 is 2.60 bits per heavy atom. The number of carboxylic acid groups (broad SMARTS) is 1. The summed E-state index contributed by atoms with van der Waals surface area (Å²) < 4.78 is 0. The molecule has 7 nitrogen and oxygen atoms in total. The lowest BCUT2D eigenvalue weighted by Crippen LogP contribution is -2.24. The number of nitrogens with one attached hydrogen (secondary N) is 1. The number of nitrogens with zero attached hydrogens (tertiary/aromatic N) is 3. The molecule has 2 heterocycles. The summed E-state index contributed by atoms with van der Waals surface area (Å²) in [6, 6.07) is 2.93. The fraction of sp³-hybridized carbons (Fsp3) is 0.0833. The predicted molar refractivity (Wildman–Crippen MR) is 69.4 cm³/mol. The fourth-order valence-electron chi connectivity index (χ4n) is 1.38. The average molecular weight is 293 g/mol. The Kier molecular flexibility index (Phi) is 4.21. The first kappa shape index (κ1) is 13.9. The van der Waals surface area contributed by atoms with Crippen molar-refractivity contribution >= 4 is 23.5 Å². The summed E-state index contributed by atoms with van der Waals surface area (Å²) in [7, 11) is 0. The van der Waals surface area contributed by atoms with E-state index in [9.17, 15) is 9.59 Å². The van der Waals surface area contributed by atoms with Crippen LogP contribution in [0, 0.1) is 0 Å². The van der Waals surface area contributed by atoms with E-state index >= 15 is 0 Å². The van der Waals surface area contributed by atoms with Crippen LogP contribution in [0.25, 0.3) is 0 Å². The minimum Gasteiger partial charge on any atom is -0.477 e. The Bertz CT molecular complexity index is 645. The Balaban J connectivity index is 1.98. The second-order valence-electron chi connectivity index (χ2n) is 3.77. The molecule has 102 valence electrons. The molecule has 0 aliphatic rings. The van der Waals surface area contributed by atoms with E-state index < -0.39 is 11.9 Å². The van der Waals surface area contributed by atoms with Gasteiger partial charge in [-0.2, -0.15) is 0 Å². The Morgan fingerprint density at radius 2 is 2.00 bits per heavy atom. The Labute approximate surface area is 118 Å². The highest BCUT2D eigenvalue weighted by Gasteiger charge is 2.09. The van der Waals surface area contributed by atoms with Crippen LogP contribution in [-0.2, 0) is 6.54 Å². The molecule has 0 bridgehead atoms. The van der Waals surface area contributed by atoms with Gasteiger partial charge >= 0.3 is 5.97 Å². The highest BCUT2D eigenvalue weighted by molar-refractivity contribution is 6.29. The molecule has 0 aliphatic carbocycles. The number of rotatable bonds is 4. The molecule has 0 aromatic carbocycles. The lowest BCUT2D eigenvalue weighted by molar-refractivity contribution is 0.0690. The monoisotopic (exact) mass is 292 g/mol. The van der Waals surface area contributed by atoms with Crippen LogP contribution >= 0.6 is 11.6 Å². The molecule has 0 radical (unpaired) electrons. The van der Waals surface area contributed by atoms with Crippen molar-refractivity contribution in [1.29, 1.82) is 0 Å². The zero-order chi connectivity index (χ0) is 14.5. The second kappa shape index (κ2) is 6.07. The van der Waals surface area contributed by atoms with Crippen LogP contribution in [-0.4, -0.2) is 31.9 Å². The van der Waals surface area contributed by atoms with Gasteiger partial charge in [0.2, 0.25) is 0 Å². The number of carbonyl (C=O) groups excluding carboxylic acids is 1. The Hall–Kier alpha value is -2.54. The minimum absolute atomic E-state index is 0.0548. The molecule has 0 saturated heterocycles. The van der Waals surface area contributed by atoms with E-state index in [1.54, 1.807) is 6.07 Å². The minimum atomic E-state index is -1.10. The molecule has 8 heteroatoms. The van der Waals surface area contributed by atoms with Crippen LogP contribution in [0.1, 0.15) is 26.5 Å². The maximum atomic E-state index is 11.8. The van der Waals surface area contributed by atoms with Crippen LogP contribution < -0.4 is 5.32 Å². The van der Waals surface area contributed by atoms with E-state index in [1.165, 1.54) is 24.7 Å². The maximum Gasteiger partial charge on any atom is 0.354 e. The summed E-state index contributed by atoms with van der Waals surface area (Å²) in [5.41, 5.74) is 0.715. The predicted octanol–water partition coefficient (Wildman–Crippen LogP) is 1.15. The number of carboxylic acids is 1. The zero-order valence-corrected chi connectivity index (χ0v) is 10.8. The van der Waals surface area contributed by atoms with Gasteiger partial charge in [0.1, 0.15) is 16.5 Å². The molecule has 0 unspecified atom stereocenters. The molecule has 0 spiro atoms. The summed E-state index contributed by atoms with van der Waals surface area (Å²) in [6.07, 6.45) is 4.01. The third-order valence-corrected chi connectivity index (χ3v) is 2.52. The summed E-state index contributed by atoms with van der Waals surface area (Å²) in [6.45, 7) is 0.194. The summed E-state index contributed by atoms with van der Waals surface area (Å²) >= 11 is 5.63. The van der Waals surface area contributed by atoms with E-state index in [0.717, 1.165) is 0 Å². The van der Waals surface area contributed by atoms with Crippen molar-refractivity contribution in [2.24, 2.45) is 0 Å². The lowest BCUT2D eigenvalue weighted by atomic mass is 10.2. The van der Waals surface area contributed by atoms with Gasteiger partial charge in [0.15, 0.2) is 0 Å². The molecule has 0 atom stereocenters. The number of pyridine rings is 1. The smallest absolute Gasteiger partial charge is 0.354 e. The number of halogens is 1. The highest BCUT2D eigenvalue weighted by Crippen LogP contribution is 2.04. The van der Waals surface area contributed by atoms with E-state index in [-0.39, 0.29) is 23.1 Å². The lowest BCUT2D eigenvalue weighted by Gasteiger charge is -2.04. The SMILES string of the molecule is O=C(O)c1ccc(CNC(=O)c2cncc(Cl)n2)cn1. The molecular formula is C12H9ClN4O3. The van der Waals surface area contributed by atoms with Gasteiger partial charge in [-0.05, 0) is 11.6 Å². The summed E-state index contributed by atoms with van der Waals surface area (Å²) in [4.78, 5) is 33.7. The van der Waals surface area contributed by atoms with Crippen LogP contribution in [0.3, 0.4) is 0 Å². The first-order chi connectivity index (χ1) is 9.56.